The van der Waals surface area contributed by atoms with E-state index in [0.29, 0.717) is 29.7 Å². The molecule has 1 saturated heterocycles. The molecule has 2 aromatic carbocycles. The molecule has 1 heterocycles. The first kappa shape index (κ1) is 24.8. The van der Waals surface area contributed by atoms with Gasteiger partial charge in [0.15, 0.2) is 0 Å². The van der Waals surface area contributed by atoms with Crippen LogP contribution in [0.5, 0.6) is 5.75 Å². The summed E-state index contributed by atoms with van der Waals surface area (Å²) in [6.07, 6.45) is 1.20. The van der Waals surface area contributed by atoms with E-state index in [4.69, 9.17) is 27.9 Å². The summed E-state index contributed by atoms with van der Waals surface area (Å²) in [5.41, 5.74) is 2.11. The van der Waals surface area contributed by atoms with Crippen LogP contribution in [0.25, 0.3) is 0 Å². The van der Waals surface area contributed by atoms with Gasteiger partial charge in [0, 0.05) is 39.3 Å². The van der Waals surface area contributed by atoms with Gasteiger partial charge in [-0.05, 0) is 48.2 Å². The molecule has 1 aliphatic heterocycles. The summed E-state index contributed by atoms with van der Waals surface area (Å²) in [4.78, 5) is 16.7. The van der Waals surface area contributed by atoms with Crippen LogP contribution in [0.15, 0.2) is 42.5 Å². The predicted octanol–water partition coefficient (Wildman–Crippen LogP) is 3.23. The van der Waals surface area contributed by atoms with E-state index in [1.165, 1.54) is 5.56 Å². The Kier molecular flexibility index (Phi) is 9.63. The lowest BCUT2D eigenvalue weighted by atomic mass is 10.1. The van der Waals surface area contributed by atoms with Gasteiger partial charge < -0.3 is 15.2 Å². The van der Waals surface area contributed by atoms with Crippen molar-refractivity contribution < 1.29 is 14.6 Å². The molecule has 0 radical (unpaired) electrons. The molecule has 2 aromatic rings. The topological polar surface area (TPSA) is 65.0 Å². The Morgan fingerprint density at radius 3 is 2.34 bits per heavy atom. The van der Waals surface area contributed by atoms with Gasteiger partial charge in [0.2, 0.25) is 5.91 Å². The number of aliphatic hydroxyl groups is 1. The third-order valence-corrected chi connectivity index (χ3v) is 6.44. The number of piperazine rings is 1. The molecule has 1 atom stereocenters. The average Bonchev–Trinajstić information content (AvgIpc) is 2.80. The van der Waals surface area contributed by atoms with Crippen molar-refractivity contribution in [3.63, 3.8) is 0 Å². The number of amides is 1. The van der Waals surface area contributed by atoms with Crippen molar-refractivity contribution in [2.75, 3.05) is 46.4 Å². The lowest BCUT2D eigenvalue weighted by Crippen LogP contribution is -2.50. The lowest BCUT2D eigenvalue weighted by molar-refractivity contribution is -0.122. The largest absolute Gasteiger partial charge is 0.497 e. The standard InChI is InChI=1S/C24H31Cl2N3O3/c1-32-21-7-3-18(4-8-21)2-6-20(30)16-28-10-12-29(13-11-28)17-24(31)27-15-19-5-9-22(25)23(26)14-19/h3-5,7-9,14,20,30H,2,6,10-13,15-17H2,1H3,(H,27,31). The molecule has 174 valence electrons. The minimum Gasteiger partial charge on any atom is -0.497 e. The normalized spacial score (nSPS) is 16.0. The molecular formula is C24H31Cl2N3O3. The molecule has 32 heavy (non-hydrogen) atoms. The second-order valence-electron chi connectivity index (χ2n) is 8.14. The molecule has 1 aliphatic rings. The lowest BCUT2D eigenvalue weighted by Gasteiger charge is -2.35. The van der Waals surface area contributed by atoms with Gasteiger partial charge in [0.05, 0.1) is 29.8 Å². The Morgan fingerprint density at radius 2 is 1.69 bits per heavy atom. The van der Waals surface area contributed by atoms with Gasteiger partial charge in [-0.25, -0.2) is 0 Å². The van der Waals surface area contributed by atoms with Crippen molar-refractivity contribution in [2.24, 2.45) is 0 Å². The van der Waals surface area contributed by atoms with E-state index in [0.717, 1.165) is 50.3 Å². The highest BCUT2D eigenvalue weighted by Gasteiger charge is 2.20. The molecule has 1 unspecified atom stereocenters. The third-order valence-electron chi connectivity index (χ3n) is 5.70. The molecule has 6 nitrogen and oxygen atoms in total. The number of carbonyl (C=O) groups excluding carboxylic acids is 1. The zero-order valence-electron chi connectivity index (χ0n) is 18.4. The number of aliphatic hydroxyl groups excluding tert-OH is 1. The molecular weight excluding hydrogens is 449 g/mol. The average molecular weight is 480 g/mol. The van der Waals surface area contributed by atoms with E-state index in [2.05, 4.69) is 15.1 Å². The number of ether oxygens (including phenoxy) is 1. The van der Waals surface area contributed by atoms with E-state index in [9.17, 15) is 9.90 Å². The van der Waals surface area contributed by atoms with Crippen LogP contribution in [0, 0.1) is 0 Å². The number of benzene rings is 2. The fourth-order valence-electron chi connectivity index (χ4n) is 3.75. The monoisotopic (exact) mass is 479 g/mol. The fraction of sp³-hybridized carbons (Fsp3) is 0.458. The predicted molar refractivity (Wildman–Crippen MR) is 129 cm³/mol. The van der Waals surface area contributed by atoms with E-state index in [1.807, 2.05) is 30.3 Å². The Labute approximate surface area is 200 Å². The zero-order valence-corrected chi connectivity index (χ0v) is 19.9. The maximum atomic E-state index is 12.3. The molecule has 2 N–H and O–H groups in total. The fourth-order valence-corrected chi connectivity index (χ4v) is 4.07. The SMILES string of the molecule is COc1ccc(CCC(O)CN2CCN(CC(=O)NCc3ccc(Cl)c(Cl)c3)CC2)cc1. The second-order valence-corrected chi connectivity index (χ2v) is 8.96. The first-order valence-corrected chi connectivity index (χ1v) is 11.6. The number of β-amino-alcohol motifs (C(OH)–C–C–N with tert-alkyl or cyclic N) is 1. The molecule has 8 heteroatoms. The Balaban J connectivity index is 1.31. The van der Waals surface area contributed by atoms with Crippen molar-refractivity contribution in [1.82, 2.24) is 15.1 Å². The van der Waals surface area contributed by atoms with Gasteiger partial charge in [-0.15, -0.1) is 0 Å². The summed E-state index contributed by atoms with van der Waals surface area (Å²) in [6, 6.07) is 13.3. The number of hydrogen-bond donors (Lipinski definition) is 2. The number of nitrogens with zero attached hydrogens (tertiary/aromatic N) is 2. The first-order valence-electron chi connectivity index (χ1n) is 10.9. The number of aryl methyl sites for hydroxylation is 1. The van der Waals surface area contributed by atoms with Gasteiger partial charge in [-0.1, -0.05) is 41.4 Å². The maximum Gasteiger partial charge on any atom is 0.234 e. The van der Waals surface area contributed by atoms with Crippen molar-refractivity contribution in [2.45, 2.75) is 25.5 Å². The number of hydrogen-bond acceptors (Lipinski definition) is 5. The highest BCUT2D eigenvalue weighted by Crippen LogP contribution is 2.22. The number of methoxy groups -OCH3 is 1. The van der Waals surface area contributed by atoms with Gasteiger partial charge in [-0.2, -0.15) is 0 Å². The van der Waals surface area contributed by atoms with Gasteiger partial charge in [0.1, 0.15) is 5.75 Å². The maximum absolute atomic E-state index is 12.3. The summed E-state index contributed by atoms with van der Waals surface area (Å²) in [6.45, 7) is 4.77. The molecule has 0 saturated carbocycles. The van der Waals surface area contributed by atoms with Crippen molar-refractivity contribution in [1.29, 1.82) is 0 Å². The van der Waals surface area contributed by atoms with Crippen molar-refractivity contribution >= 4 is 29.1 Å². The van der Waals surface area contributed by atoms with Gasteiger partial charge in [-0.3, -0.25) is 14.6 Å². The minimum absolute atomic E-state index is 0.0101. The highest BCUT2D eigenvalue weighted by molar-refractivity contribution is 6.42. The van der Waals surface area contributed by atoms with Crippen LogP contribution in [0.3, 0.4) is 0 Å². The van der Waals surface area contributed by atoms with E-state index in [1.54, 1.807) is 19.2 Å². The second kappa shape index (κ2) is 12.4. The summed E-state index contributed by atoms with van der Waals surface area (Å²) in [7, 11) is 1.66. The highest BCUT2D eigenvalue weighted by atomic mass is 35.5. The quantitative estimate of drug-likeness (QED) is 0.547. The molecule has 1 fully saturated rings. The first-order chi connectivity index (χ1) is 15.4. The number of carbonyl (C=O) groups is 1. The van der Waals surface area contributed by atoms with Crippen LogP contribution < -0.4 is 10.1 Å². The Hall–Kier alpha value is -1.83. The van der Waals surface area contributed by atoms with Crippen LogP contribution in [-0.2, 0) is 17.8 Å². The summed E-state index contributed by atoms with van der Waals surface area (Å²) in [5.74, 6) is 0.833. The summed E-state index contributed by atoms with van der Waals surface area (Å²) in [5, 5.41) is 14.4. The summed E-state index contributed by atoms with van der Waals surface area (Å²) >= 11 is 11.9. The number of halogens is 2. The minimum atomic E-state index is -0.363. The van der Waals surface area contributed by atoms with Crippen LogP contribution in [-0.4, -0.2) is 73.3 Å². The van der Waals surface area contributed by atoms with Crippen LogP contribution in [0.2, 0.25) is 10.0 Å². The van der Waals surface area contributed by atoms with Crippen LogP contribution in [0.1, 0.15) is 17.5 Å². The van der Waals surface area contributed by atoms with E-state index < -0.39 is 0 Å². The molecule has 3 rings (SSSR count). The van der Waals surface area contributed by atoms with Crippen molar-refractivity contribution in [3.05, 3.63) is 63.6 Å². The molecule has 1 amide bonds. The molecule has 0 spiro atoms. The van der Waals surface area contributed by atoms with Crippen LogP contribution >= 0.6 is 23.2 Å². The number of nitrogens with one attached hydrogen (secondary N) is 1. The molecule has 0 bridgehead atoms. The van der Waals surface area contributed by atoms with E-state index in [-0.39, 0.29) is 12.0 Å². The third kappa shape index (κ3) is 7.94. The zero-order chi connectivity index (χ0) is 22.9. The smallest absolute Gasteiger partial charge is 0.234 e. The van der Waals surface area contributed by atoms with E-state index >= 15 is 0 Å². The Bertz CT molecular complexity index is 871. The van der Waals surface area contributed by atoms with Crippen molar-refractivity contribution in [3.8, 4) is 5.75 Å². The summed E-state index contributed by atoms with van der Waals surface area (Å²) < 4.78 is 5.18. The molecule has 0 aromatic heterocycles. The number of rotatable bonds is 10. The van der Waals surface area contributed by atoms with Crippen LogP contribution in [0.4, 0.5) is 0 Å². The molecule has 0 aliphatic carbocycles. The van der Waals surface area contributed by atoms with Gasteiger partial charge in [0.25, 0.3) is 0 Å². The Morgan fingerprint density at radius 1 is 1.03 bits per heavy atom. The van der Waals surface area contributed by atoms with Gasteiger partial charge >= 0.3 is 0 Å².